The van der Waals surface area contributed by atoms with Crippen molar-refractivity contribution in [2.45, 2.75) is 129 Å². The molecule has 1 saturated carbocycles. The summed E-state index contributed by atoms with van der Waals surface area (Å²) in [6, 6.07) is 7.10. The third-order valence-corrected chi connectivity index (χ3v) is 13.2. The van der Waals surface area contributed by atoms with Crippen LogP contribution in [0.15, 0.2) is 60.7 Å². The molecule has 0 aliphatic heterocycles. The number of ketones is 1. The van der Waals surface area contributed by atoms with Gasteiger partial charge in [-0.2, -0.15) is 8.78 Å². The van der Waals surface area contributed by atoms with E-state index in [1.54, 1.807) is 44.4 Å². The van der Waals surface area contributed by atoms with Gasteiger partial charge in [0.25, 0.3) is 5.92 Å². The molecule has 0 radical (unpaired) electrons. The highest BCUT2D eigenvalue weighted by Crippen LogP contribution is 2.43. The first-order chi connectivity index (χ1) is 21.5. The lowest BCUT2D eigenvalue weighted by Gasteiger charge is -2.39. The molecule has 1 unspecified atom stereocenters. The molecule has 0 bridgehead atoms. The average Bonchev–Trinajstić information content (AvgIpc) is 3.25. The highest BCUT2D eigenvalue weighted by Gasteiger charge is 2.47. The van der Waals surface area contributed by atoms with Gasteiger partial charge in [-0.1, -0.05) is 70.2 Å². The third-order valence-electron chi connectivity index (χ3n) is 8.69. The average molecular weight is 663 g/mol. The third kappa shape index (κ3) is 12.5. The van der Waals surface area contributed by atoms with Crippen molar-refractivity contribution in [2.24, 2.45) is 11.8 Å². The zero-order chi connectivity index (χ0) is 34.5. The van der Waals surface area contributed by atoms with E-state index in [9.17, 15) is 9.59 Å². The Kier molecular flexibility index (Phi) is 15.5. The number of ether oxygens (including phenoxy) is 3. The summed E-state index contributed by atoms with van der Waals surface area (Å²) in [7, 11) is -0.701. The first kappa shape index (κ1) is 39.6. The lowest BCUT2D eigenvalue weighted by molar-refractivity contribution is -0.147. The number of allylic oxidation sites excluding steroid dienone is 3. The Morgan fingerprint density at radius 3 is 2.35 bits per heavy atom. The van der Waals surface area contributed by atoms with Crippen LogP contribution in [0, 0.1) is 11.8 Å². The van der Waals surface area contributed by atoms with Crippen LogP contribution >= 0.6 is 0 Å². The summed E-state index contributed by atoms with van der Waals surface area (Å²) in [4.78, 5) is 25.2. The maximum Gasteiger partial charge on any atom is 0.306 e. The molecule has 0 spiro atoms. The van der Waals surface area contributed by atoms with Crippen molar-refractivity contribution in [3.63, 3.8) is 0 Å². The second-order valence-electron chi connectivity index (χ2n) is 13.9. The lowest BCUT2D eigenvalue weighted by atomic mass is 9.90. The van der Waals surface area contributed by atoms with Gasteiger partial charge in [0.05, 0.1) is 25.9 Å². The minimum Gasteiger partial charge on any atom is -0.497 e. The highest BCUT2D eigenvalue weighted by molar-refractivity contribution is 6.74. The number of methoxy groups -OCH3 is 1. The van der Waals surface area contributed by atoms with E-state index in [2.05, 4.69) is 33.9 Å². The SMILES string of the molecule is CC/C=C/C(F)(F)C(/C=C/[C@H]1[C@H](O[Si](C)(C)C(C)(C)C)CC(=O)[C@@H]1C/C=C/CCCC(=O)OC(C)C)OCc1ccc(OC)cc1. The fraction of sp³-hybridized carbons (Fsp3) is 0.622. The number of hydrogen-bond acceptors (Lipinski definition) is 6. The van der Waals surface area contributed by atoms with E-state index < -0.39 is 32.4 Å². The summed E-state index contributed by atoms with van der Waals surface area (Å²) in [6.45, 7) is 16.1. The van der Waals surface area contributed by atoms with E-state index in [0.29, 0.717) is 37.9 Å². The van der Waals surface area contributed by atoms with Gasteiger partial charge in [0.2, 0.25) is 0 Å². The largest absolute Gasteiger partial charge is 0.497 e. The summed E-state index contributed by atoms with van der Waals surface area (Å²) in [5, 5.41) is -0.0823. The number of benzene rings is 1. The molecule has 0 N–H and O–H groups in total. The van der Waals surface area contributed by atoms with Crippen LogP contribution in [0.1, 0.15) is 85.6 Å². The van der Waals surface area contributed by atoms with Crippen molar-refractivity contribution >= 4 is 20.1 Å². The van der Waals surface area contributed by atoms with E-state index in [1.807, 2.05) is 26.0 Å². The number of rotatable bonds is 18. The zero-order valence-electron chi connectivity index (χ0n) is 29.3. The van der Waals surface area contributed by atoms with Crippen LogP contribution in [-0.2, 0) is 30.1 Å². The fourth-order valence-corrected chi connectivity index (χ4v) is 6.38. The van der Waals surface area contributed by atoms with E-state index >= 15 is 8.78 Å². The van der Waals surface area contributed by atoms with Crippen molar-refractivity contribution in [1.29, 1.82) is 0 Å². The maximum absolute atomic E-state index is 15.5. The Labute approximate surface area is 276 Å². The van der Waals surface area contributed by atoms with Gasteiger partial charge in [-0.3, -0.25) is 9.59 Å². The van der Waals surface area contributed by atoms with Crippen LogP contribution in [-0.4, -0.2) is 51.4 Å². The van der Waals surface area contributed by atoms with E-state index in [4.69, 9.17) is 18.6 Å². The molecular weight excluding hydrogens is 606 g/mol. The number of carbonyl (C=O) groups is 2. The molecule has 0 amide bonds. The van der Waals surface area contributed by atoms with Crippen LogP contribution in [0.4, 0.5) is 8.78 Å². The predicted molar refractivity (Wildman–Crippen MR) is 183 cm³/mol. The van der Waals surface area contributed by atoms with E-state index in [-0.39, 0.29) is 41.8 Å². The van der Waals surface area contributed by atoms with Crippen molar-refractivity contribution in [3.05, 3.63) is 66.3 Å². The minimum atomic E-state index is -3.26. The van der Waals surface area contributed by atoms with Gasteiger partial charge in [-0.15, -0.1) is 0 Å². The molecule has 46 heavy (non-hydrogen) atoms. The molecule has 258 valence electrons. The Bertz CT molecular complexity index is 1180. The van der Waals surface area contributed by atoms with Gasteiger partial charge in [0.1, 0.15) is 17.6 Å². The number of unbranched alkanes of at least 4 members (excludes halogenated alkanes) is 1. The first-order valence-corrected chi connectivity index (χ1v) is 19.4. The van der Waals surface area contributed by atoms with Crippen LogP contribution < -0.4 is 4.74 Å². The number of alkyl halides is 2. The van der Waals surface area contributed by atoms with Crippen molar-refractivity contribution in [3.8, 4) is 5.75 Å². The summed E-state index contributed by atoms with van der Waals surface area (Å²) < 4.78 is 54.0. The molecule has 1 aliphatic carbocycles. The Balaban J connectivity index is 2.31. The highest BCUT2D eigenvalue weighted by atomic mass is 28.4. The standard InChI is InChI=1S/C37H56F2O6Si/c1-10-11-24-37(38,39)34(43-26-28-18-20-29(42-7)21-19-28)23-22-31-30(16-14-12-13-15-17-35(41)44-27(2)3)32(40)25-33(31)45-46(8,9)36(4,5)6/h11-12,14,18-24,27,30-31,33-34H,10,13,15-17,25-26H2,1-9H3/b14-12+,23-22+,24-11+/t30-,31-,33-,34?/m1/s1. The summed E-state index contributed by atoms with van der Waals surface area (Å²) in [6.07, 6.45) is 10.2. The molecule has 2 rings (SSSR count). The second-order valence-corrected chi connectivity index (χ2v) is 18.6. The van der Waals surface area contributed by atoms with Gasteiger partial charge in [0.15, 0.2) is 8.32 Å². The zero-order valence-corrected chi connectivity index (χ0v) is 30.3. The van der Waals surface area contributed by atoms with Crippen LogP contribution in [0.5, 0.6) is 5.75 Å². The molecule has 1 fully saturated rings. The van der Waals surface area contributed by atoms with Crippen LogP contribution in [0.2, 0.25) is 18.1 Å². The summed E-state index contributed by atoms with van der Waals surface area (Å²) >= 11 is 0. The number of hydrogen-bond donors (Lipinski definition) is 0. The fourth-order valence-electron chi connectivity index (χ4n) is 5.03. The number of Topliss-reactive ketones (excluding diaryl/α,β-unsaturated/α-hetero) is 1. The van der Waals surface area contributed by atoms with Crippen LogP contribution in [0.3, 0.4) is 0 Å². The Morgan fingerprint density at radius 2 is 1.76 bits per heavy atom. The Hall–Kier alpha value is -2.62. The number of carbonyl (C=O) groups excluding carboxylic acids is 2. The molecule has 0 saturated heterocycles. The van der Waals surface area contributed by atoms with Gasteiger partial charge in [-0.05, 0) is 81.4 Å². The van der Waals surface area contributed by atoms with Crippen molar-refractivity contribution < 1.29 is 37.0 Å². The number of esters is 1. The monoisotopic (exact) mass is 662 g/mol. The molecule has 1 aromatic carbocycles. The van der Waals surface area contributed by atoms with Gasteiger partial charge < -0.3 is 18.6 Å². The van der Waals surface area contributed by atoms with Crippen LogP contribution in [0.25, 0.3) is 0 Å². The Morgan fingerprint density at radius 1 is 1.09 bits per heavy atom. The smallest absolute Gasteiger partial charge is 0.306 e. The molecular formula is C37H56F2O6Si. The van der Waals surface area contributed by atoms with E-state index in [0.717, 1.165) is 11.6 Å². The van der Waals surface area contributed by atoms with Gasteiger partial charge in [-0.25, -0.2) is 0 Å². The molecule has 9 heteroatoms. The topological polar surface area (TPSA) is 71.1 Å². The van der Waals surface area contributed by atoms with Gasteiger partial charge >= 0.3 is 5.97 Å². The normalized spacial score (nSPS) is 20.4. The van der Waals surface area contributed by atoms with E-state index in [1.165, 1.54) is 12.2 Å². The molecule has 6 nitrogen and oxygen atoms in total. The first-order valence-electron chi connectivity index (χ1n) is 16.5. The minimum absolute atomic E-state index is 0.0150. The summed E-state index contributed by atoms with van der Waals surface area (Å²) in [5.41, 5.74) is 0.741. The van der Waals surface area contributed by atoms with Crippen molar-refractivity contribution in [2.75, 3.05) is 7.11 Å². The molecule has 4 atom stereocenters. The van der Waals surface area contributed by atoms with Crippen molar-refractivity contribution in [1.82, 2.24) is 0 Å². The van der Waals surface area contributed by atoms with Gasteiger partial charge in [0, 0.05) is 24.7 Å². The predicted octanol–water partition coefficient (Wildman–Crippen LogP) is 9.40. The number of halogens is 2. The molecule has 1 aromatic rings. The lowest BCUT2D eigenvalue weighted by Crippen LogP contribution is -2.45. The molecule has 0 aromatic heterocycles. The maximum atomic E-state index is 15.5. The molecule has 0 heterocycles. The quantitative estimate of drug-likeness (QED) is 0.0675. The second kappa shape index (κ2) is 18.1. The molecule has 1 aliphatic rings. The summed E-state index contributed by atoms with van der Waals surface area (Å²) in [5.74, 6) is -3.54.